The SMILES string of the molecule is CCCCCCCCCC/C=C/CC/C=C/CC/C=C/C(O)C(COC1OC(CO)C(OC2OC(CO)C(OC3OC(CO)C(O)C(O)C3O)C(O)C2O)C(O)C1O)NC(=O)CCCCCCCCCCCCCCCCCCCCCCCCCCCC. The molecule has 0 bridgehead atoms. The zero-order valence-electron chi connectivity index (χ0n) is 55.2. The highest BCUT2D eigenvalue weighted by atomic mass is 16.8. The van der Waals surface area contributed by atoms with E-state index < -0.39 is 124 Å². The predicted octanol–water partition coefficient (Wildman–Crippen LogP) is 9.61. The summed E-state index contributed by atoms with van der Waals surface area (Å²) in [6.07, 6.45) is 34.2. The molecule has 3 aliphatic heterocycles. The molecular weight excluding hydrogens is 1140 g/mol. The van der Waals surface area contributed by atoms with Crippen molar-refractivity contribution in [3.8, 4) is 0 Å². The van der Waals surface area contributed by atoms with Crippen molar-refractivity contribution in [3.63, 3.8) is 0 Å². The Bertz CT molecular complexity index is 1760. The lowest BCUT2D eigenvalue weighted by Gasteiger charge is -2.48. The van der Waals surface area contributed by atoms with E-state index in [1.165, 1.54) is 193 Å². The van der Waals surface area contributed by atoms with Crippen molar-refractivity contribution in [2.24, 2.45) is 0 Å². The van der Waals surface area contributed by atoms with E-state index in [4.69, 9.17) is 28.4 Å². The number of aliphatic hydroxyl groups excluding tert-OH is 11. The van der Waals surface area contributed by atoms with Gasteiger partial charge in [-0.05, 0) is 44.9 Å². The van der Waals surface area contributed by atoms with Crippen molar-refractivity contribution in [3.05, 3.63) is 36.5 Å². The second kappa shape index (κ2) is 52.3. The van der Waals surface area contributed by atoms with Crippen molar-refractivity contribution in [1.82, 2.24) is 5.32 Å². The van der Waals surface area contributed by atoms with Gasteiger partial charge >= 0.3 is 0 Å². The van der Waals surface area contributed by atoms with Crippen LogP contribution in [-0.2, 0) is 33.2 Å². The summed E-state index contributed by atoms with van der Waals surface area (Å²) in [5.74, 6) is -0.285. The molecular formula is C70H129NO18. The number of carbonyl (C=O) groups is 1. The number of allylic oxidation sites excluding steroid dienone is 5. The number of ether oxygens (including phenoxy) is 6. The number of nitrogens with one attached hydrogen (secondary N) is 1. The van der Waals surface area contributed by atoms with E-state index >= 15 is 0 Å². The number of aliphatic hydroxyl groups is 11. The first-order valence-corrected chi connectivity index (χ1v) is 35.7. The van der Waals surface area contributed by atoms with Gasteiger partial charge in [-0.3, -0.25) is 4.79 Å². The van der Waals surface area contributed by atoms with Crippen molar-refractivity contribution < 1.29 is 89.4 Å². The molecule has 522 valence electrons. The molecule has 3 fully saturated rings. The summed E-state index contributed by atoms with van der Waals surface area (Å²) in [7, 11) is 0. The van der Waals surface area contributed by atoms with Gasteiger partial charge in [0.05, 0.1) is 38.6 Å². The van der Waals surface area contributed by atoms with E-state index in [1.807, 2.05) is 6.08 Å². The third-order valence-corrected chi connectivity index (χ3v) is 17.9. The van der Waals surface area contributed by atoms with Crippen LogP contribution in [0.15, 0.2) is 36.5 Å². The van der Waals surface area contributed by atoms with Crippen LogP contribution in [0.4, 0.5) is 0 Å². The molecule has 0 saturated carbocycles. The minimum atomic E-state index is -1.98. The van der Waals surface area contributed by atoms with Gasteiger partial charge in [0.15, 0.2) is 18.9 Å². The van der Waals surface area contributed by atoms with Gasteiger partial charge in [0, 0.05) is 6.42 Å². The van der Waals surface area contributed by atoms with Crippen LogP contribution in [0.1, 0.15) is 271 Å². The van der Waals surface area contributed by atoms with Gasteiger partial charge in [-0.15, -0.1) is 0 Å². The van der Waals surface area contributed by atoms with Crippen molar-refractivity contribution in [2.45, 2.75) is 375 Å². The van der Waals surface area contributed by atoms with Gasteiger partial charge in [-0.2, -0.15) is 0 Å². The van der Waals surface area contributed by atoms with Gasteiger partial charge in [-0.1, -0.05) is 256 Å². The fraction of sp³-hybridized carbons (Fsp3) is 0.900. The van der Waals surface area contributed by atoms with Crippen LogP contribution < -0.4 is 5.32 Å². The number of amides is 1. The van der Waals surface area contributed by atoms with Crippen LogP contribution >= 0.6 is 0 Å². The fourth-order valence-corrected chi connectivity index (χ4v) is 12.1. The molecule has 0 spiro atoms. The van der Waals surface area contributed by atoms with E-state index in [1.54, 1.807) is 6.08 Å². The molecule has 3 heterocycles. The average molecular weight is 1270 g/mol. The molecule has 19 nitrogen and oxygen atoms in total. The van der Waals surface area contributed by atoms with Gasteiger partial charge in [0.25, 0.3) is 0 Å². The Hall–Kier alpha value is -1.99. The molecule has 0 aliphatic carbocycles. The molecule has 19 heteroatoms. The van der Waals surface area contributed by atoms with Crippen LogP contribution in [0, 0.1) is 0 Å². The molecule has 17 atom stereocenters. The normalized spacial score (nSPS) is 28.4. The maximum absolute atomic E-state index is 13.4. The van der Waals surface area contributed by atoms with Crippen LogP contribution in [-0.4, -0.2) is 193 Å². The molecule has 89 heavy (non-hydrogen) atoms. The number of carbonyl (C=O) groups excluding carboxylic acids is 1. The molecule has 0 aromatic heterocycles. The minimum absolute atomic E-state index is 0.236. The number of hydrogen-bond donors (Lipinski definition) is 12. The Labute approximate surface area is 536 Å². The largest absolute Gasteiger partial charge is 0.394 e. The smallest absolute Gasteiger partial charge is 0.220 e. The van der Waals surface area contributed by atoms with E-state index in [-0.39, 0.29) is 18.9 Å². The molecule has 12 N–H and O–H groups in total. The zero-order valence-corrected chi connectivity index (χ0v) is 55.2. The maximum atomic E-state index is 13.4. The van der Waals surface area contributed by atoms with Crippen molar-refractivity contribution in [1.29, 1.82) is 0 Å². The van der Waals surface area contributed by atoms with Crippen LogP contribution in [0.25, 0.3) is 0 Å². The van der Waals surface area contributed by atoms with Crippen LogP contribution in [0.2, 0.25) is 0 Å². The van der Waals surface area contributed by atoms with Crippen molar-refractivity contribution >= 4 is 5.91 Å². The summed E-state index contributed by atoms with van der Waals surface area (Å²) in [5, 5.41) is 120. The third-order valence-electron chi connectivity index (χ3n) is 17.9. The lowest BCUT2D eigenvalue weighted by Crippen LogP contribution is -2.66. The molecule has 0 aromatic rings. The molecule has 17 unspecified atom stereocenters. The highest BCUT2D eigenvalue weighted by Crippen LogP contribution is 2.33. The summed E-state index contributed by atoms with van der Waals surface area (Å²) < 4.78 is 34.3. The number of hydrogen-bond acceptors (Lipinski definition) is 18. The standard InChI is InChI=1S/C70H129NO18/c1-3-5-7-9-11-13-15-17-19-21-23-24-25-26-27-28-29-30-32-34-36-38-40-42-44-46-48-58(76)71-53(54(75)47-45-43-41-39-37-35-33-31-22-20-18-16-14-12-10-8-6-4-2)52-84-68-64(82)61(79)66(56(50-73)86-68)89-70-65(83)62(80)67(57(51-74)87-70)88-69-63(81)60(78)59(77)55(49-72)85-69/h22,31,37,39,45,47,53-57,59-70,72-75,77-83H,3-21,23-30,32-36,38,40-44,46,48-52H2,1-2H3,(H,71,76)/b31-22+,39-37+,47-45+. The summed E-state index contributed by atoms with van der Waals surface area (Å²) in [6.45, 7) is 1.73. The molecule has 3 saturated heterocycles. The monoisotopic (exact) mass is 1270 g/mol. The minimum Gasteiger partial charge on any atom is -0.394 e. The summed E-state index contributed by atoms with van der Waals surface area (Å²) >= 11 is 0. The molecule has 1 amide bonds. The zero-order chi connectivity index (χ0) is 64.7. The predicted molar refractivity (Wildman–Crippen MR) is 346 cm³/mol. The van der Waals surface area contributed by atoms with Crippen LogP contribution in [0.5, 0.6) is 0 Å². The Balaban J connectivity index is 1.43. The van der Waals surface area contributed by atoms with E-state index in [2.05, 4.69) is 43.5 Å². The van der Waals surface area contributed by atoms with E-state index in [0.717, 1.165) is 44.9 Å². The average Bonchev–Trinajstić information content (AvgIpc) is 1.91. The second-order valence-electron chi connectivity index (χ2n) is 25.7. The molecule has 3 rings (SSSR count). The van der Waals surface area contributed by atoms with Gasteiger partial charge in [0.2, 0.25) is 5.91 Å². The first-order chi connectivity index (χ1) is 43.3. The summed E-state index contributed by atoms with van der Waals surface area (Å²) in [5.41, 5.74) is 0. The van der Waals surface area contributed by atoms with Crippen LogP contribution in [0.3, 0.4) is 0 Å². The molecule has 0 aromatic carbocycles. The summed E-state index contributed by atoms with van der Waals surface area (Å²) in [4.78, 5) is 13.4. The number of rotatable bonds is 55. The molecule has 3 aliphatic rings. The maximum Gasteiger partial charge on any atom is 0.220 e. The van der Waals surface area contributed by atoms with Gasteiger partial charge < -0.3 is 89.9 Å². The highest BCUT2D eigenvalue weighted by molar-refractivity contribution is 5.76. The lowest BCUT2D eigenvalue weighted by molar-refractivity contribution is -0.379. The first kappa shape index (κ1) is 81.2. The first-order valence-electron chi connectivity index (χ1n) is 35.7. The Morgan fingerprint density at radius 3 is 1.12 bits per heavy atom. The Morgan fingerprint density at radius 1 is 0.393 bits per heavy atom. The number of unbranched alkanes of at least 4 members (excludes halogenated alkanes) is 35. The summed E-state index contributed by atoms with van der Waals surface area (Å²) in [6, 6.07) is -0.994. The second-order valence-corrected chi connectivity index (χ2v) is 25.7. The topological polar surface area (TPSA) is 307 Å². The molecule has 0 radical (unpaired) electrons. The van der Waals surface area contributed by atoms with Gasteiger partial charge in [-0.25, -0.2) is 0 Å². The third kappa shape index (κ3) is 34.3. The Kier molecular flexibility index (Phi) is 47.7. The lowest BCUT2D eigenvalue weighted by atomic mass is 9.96. The van der Waals surface area contributed by atoms with Gasteiger partial charge in [0.1, 0.15) is 73.2 Å². The Morgan fingerprint density at radius 2 is 0.719 bits per heavy atom. The van der Waals surface area contributed by atoms with E-state index in [9.17, 15) is 61.0 Å². The quantitative estimate of drug-likeness (QED) is 0.0199. The van der Waals surface area contributed by atoms with Crippen molar-refractivity contribution in [2.75, 3.05) is 26.4 Å². The highest BCUT2D eigenvalue weighted by Gasteiger charge is 2.53. The fourth-order valence-electron chi connectivity index (χ4n) is 12.1. The van der Waals surface area contributed by atoms with E-state index in [0.29, 0.717) is 12.8 Å².